The standard InChI is InChI=1S/C11H17NO2/c1-5-10(14-6-2)8-7-9(3)11(13)12-4/h5,7-8H,3,6H2,1-2,4H3,(H,12,13)/b8-7-,10-5+. The first-order chi connectivity index (χ1) is 6.65. The van der Waals surface area contributed by atoms with E-state index in [0.717, 1.165) is 5.76 Å². The van der Waals surface area contributed by atoms with Gasteiger partial charge in [0.1, 0.15) is 5.76 Å². The average Bonchev–Trinajstić information content (AvgIpc) is 2.22. The lowest BCUT2D eigenvalue weighted by molar-refractivity contribution is -0.116. The molecule has 3 heteroatoms. The Morgan fingerprint density at radius 3 is 2.57 bits per heavy atom. The van der Waals surface area contributed by atoms with Crippen LogP contribution < -0.4 is 5.32 Å². The van der Waals surface area contributed by atoms with Gasteiger partial charge in [0.2, 0.25) is 5.91 Å². The van der Waals surface area contributed by atoms with Gasteiger partial charge in [-0.1, -0.05) is 6.58 Å². The summed E-state index contributed by atoms with van der Waals surface area (Å²) in [6, 6.07) is 0. The molecule has 0 atom stereocenters. The second-order valence-corrected chi connectivity index (χ2v) is 2.56. The van der Waals surface area contributed by atoms with Crippen molar-refractivity contribution in [3.63, 3.8) is 0 Å². The van der Waals surface area contributed by atoms with Crippen molar-refractivity contribution in [2.24, 2.45) is 0 Å². The van der Waals surface area contributed by atoms with Crippen LogP contribution >= 0.6 is 0 Å². The van der Waals surface area contributed by atoms with Crippen LogP contribution in [-0.4, -0.2) is 19.6 Å². The van der Waals surface area contributed by atoms with E-state index in [0.29, 0.717) is 12.2 Å². The molecule has 0 spiro atoms. The molecular weight excluding hydrogens is 178 g/mol. The van der Waals surface area contributed by atoms with Crippen LogP contribution in [0.2, 0.25) is 0 Å². The molecule has 3 nitrogen and oxygen atoms in total. The van der Waals surface area contributed by atoms with Gasteiger partial charge in [0, 0.05) is 12.6 Å². The van der Waals surface area contributed by atoms with E-state index in [1.807, 2.05) is 19.9 Å². The molecule has 0 aromatic carbocycles. The quantitative estimate of drug-likeness (QED) is 0.412. The molecule has 14 heavy (non-hydrogen) atoms. The van der Waals surface area contributed by atoms with Crippen molar-refractivity contribution in [3.05, 3.63) is 36.1 Å². The lowest BCUT2D eigenvalue weighted by atomic mass is 10.2. The Morgan fingerprint density at radius 2 is 2.14 bits per heavy atom. The molecule has 0 fully saturated rings. The van der Waals surface area contributed by atoms with Crippen LogP contribution in [0.25, 0.3) is 0 Å². The van der Waals surface area contributed by atoms with Gasteiger partial charge in [0.05, 0.1) is 6.61 Å². The van der Waals surface area contributed by atoms with Gasteiger partial charge >= 0.3 is 0 Å². The Balaban J connectivity index is 4.28. The maximum absolute atomic E-state index is 11.0. The van der Waals surface area contributed by atoms with Crippen molar-refractivity contribution in [1.29, 1.82) is 0 Å². The van der Waals surface area contributed by atoms with Gasteiger partial charge in [0.25, 0.3) is 0 Å². The number of hydrogen-bond donors (Lipinski definition) is 1. The third kappa shape index (κ3) is 4.50. The van der Waals surface area contributed by atoms with Crippen LogP contribution in [-0.2, 0) is 9.53 Å². The highest BCUT2D eigenvalue weighted by Gasteiger charge is 1.99. The van der Waals surface area contributed by atoms with Crippen molar-refractivity contribution in [2.75, 3.05) is 13.7 Å². The Kier molecular flexibility index (Phi) is 6.20. The van der Waals surface area contributed by atoms with Gasteiger partial charge in [0.15, 0.2) is 0 Å². The zero-order valence-electron chi connectivity index (χ0n) is 8.96. The van der Waals surface area contributed by atoms with Crippen molar-refractivity contribution >= 4 is 5.91 Å². The summed E-state index contributed by atoms with van der Waals surface area (Å²) >= 11 is 0. The highest BCUT2D eigenvalue weighted by molar-refractivity contribution is 5.95. The van der Waals surface area contributed by atoms with Crippen molar-refractivity contribution < 1.29 is 9.53 Å². The molecule has 0 saturated carbocycles. The monoisotopic (exact) mass is 195 g/mol. The van der Waals surface area contributed by atoms with Gasteiger partial charge in [-0.25, -0.2) is 0 Å². The van der Waals surface area contributed by atoms with E-state index in [1.165, 1.54) is 0 Å². The second-order valence-electron chi connectivity index (χ2n) is 2.56. The summed E-state index contributed by atoms with van der Waals surface area (Å²) in [5.41, 5.74) is 0.409. The average molecular weight is 195 g/mol. The number of carbonyl (C=O) groups is 1. The van der Waals surface area contributed by atoms with E-state index in [9.17, 15) is 4.79 Å². The molecule has 0 aliphatic heterocycles. The van der Waals surface area contributed by atoms with Gasteiger partial charge in [-0.2, -0.15) is 0 Å². The SMILES string of the molecule is C=C(/C=C\C(=C/C)OCC)C(=O)NC. The molecular formula is C11H17NO2. The van der Waals surface area contributed by atoms with Gasteiger partial charge in [-0.3, -0.25) is 4.79 Å². The largest absolute Gasteiger partial charge is 0.494 e. The molecule has 0 radical (unpaired) electrons. The zero-order valence-corrected chi connectivity index (χ0v) is 8.96. The first-order valence-corrected chi connectivity index (χ1v) is 4.53. The number of rotatable bonds is 5. The predicted octanol–water partition coefficient (Wildman–Crippen LogP) is 1.79. The molecule has 1 N–H and O–H groups in total. The van der Waals surface area contributed by atoms with Crippen LogP contribution in [0.4, 0.5) is 0 Å². The summed E-state index contributed by atoms with van der Waals surface area (Å²) in [5, 5.41) is 2.49. The molecule has 0 aromatic heterocycles. The van der Waals surface area contributed by atoms with E-state index in [-0.39, 0.29) is 5.91 Å². The van der Waals surface area contributed by atoms with E-state index in [1.54, 1.807) is 19.2 Å². The van der Waals surface area contributed by atoms with Crippen molar-refractivity contribution in [1.82, 2.24) is 5.32 Å². The summed E-state index contributed by atoms with van der Waals surface area (Å²) in [4.78, 5) is 11.0. The number of carbonyl (C=O) groups excluding carboxylic acids is 1. The van der Waals surface area contributed by atoms with E-state index in [2.05, 4.69) is 11.9 Å². The highest BCUT2D eigenvalue weighted by atomic mass is 16.5. The molecule has 0 aliphatic rings. The molecule has 0 aliphatic carbocycles. The molecule has 78 valence electrons. The van der Waals surface area contributed by atoms with Crippen LogP contribution in [0.3, 0.4) is 0 Å². The number of nitrogens with one attached hydrogen (secondary N) is 1. The third-order valence-electron chi connectivity index (χ3n) is 1.56. The van der Waals surface area contributed by atoms with E-state index < -0.39 is 0 Å². The lowest BCUT2D eigenvalue weighted by Gasteiger charge is -2.02. The fraction of sp³-hybridized carbons (Fsp3) is 0.364. The molecule has 0 rings (SSSR count). The van der Waals surface area contributed by atoms with Gasteiger partial charge in [-0.05, 0) is 32.1 Å². The third-order valence-corrected chi connectivity index (χ3v) is 1.56. The number of allylic oxidation sites excluding steroid dienone is 2. The highest BCUT2D eigenvalue weighted by Crippen LogP contribution is 2.02. The van der Waals surface area contributed by atoms with Gasteiger partial charge in [-0.15, -0.1) is 0 Å². The second kappa shape index (κ2) is 6.95. The molecule has 0 bridgehead atoms. The molecule has 1 amide bonds. The fourth-order valence-corrected chi connectivity index (χ4v) is 0.813. The summed E-state index contributed by atoms with van der Waals surface area (Å²) in [6.45, 7) is 8.00. The Labute approximate surface area is 85.1 Å². The first kappa shape index (κ1) is 12.5. The Morgan fingerprint density at radius 1 is 1.50 bits per heavy atom. The van der Waals surface area contributed by atoms with Crippen molar-refractivity contribution in [3.8, 4) is 0 Å². The maximum Gasteiger partial charge on any atom is 0.250 e. The summed E-state index contributed by atoms with van der Waals surface area (Å²) in [5.74, 6) is 0.547. The summed E-state index contributed by atoms with van der Waals surface area (Å²) in [6.07, 6.45) is 5.18. The molecule has 0 saturated heterocycles. The van der Waals surface area contributed by atoms with Crippen molar-refractivity contribution in [2.45, 2.75) is 13.8 Å². The smallest absolute Gasteiger partial charge is 0.250 e. The Bertz CT molecular complexity index is 260. The topological polar surface area (TPSA) is 38.3 Å². The maximum atomic E-state index is 11.0. The Hall–Kier alpha value is -1.51. The number of hydrogen-bond acceptors (Lipinski definition) is 2. The first-order valence-electron chi connectivity index (χ1n) is 4.53. The fourth-order valence-electron chi connectivity index (χ4n) is 0.813. The minimum Gasteiger partial charge on any atom is -0.494 e. The zero-order chi connectivity index (χ0) is 11.0. The molecule has 0 heterocycles. The van der Waals surface area contributed by atoms with Crippen LogP contribution in [0.1, 0.15) is 13.8 Å². The molecule has 0 aromatic rings. The van der Waals surface area contributed by atoms with Gasteiger partial charge < -0.3 is 10.1 Å². The minimum atomic E-state index is -0.187. The predicted molar refractivity (Wildman–Crippen MR) is 57.7 cm³/mol. The van der Waals surface area contributed by atoms with Crippen LogP contribution in [0.5, 0.6) is 0 Å². The number of likely N-dealkylation sites (N-methyl/N-ethyl adjacent to an activating group) is 1. The summed E-state index contributed by atoms with van der Waals surface area (Å²) in [7, 11) is 1.57. The normalized spacial score (nSPS) is 11.5. The number of amides is 1. The van der Waals surface area contributed by atoms with E-state index in [4.69, 9.17) is 4.74 Å². The minimum absolute atomic E-state index is 0.187. The molecule has 0 unspecified atom stereocenters. The lowest BCUT2D eigenvalue weighted by Crippen LogP contribution is -2.18. The van der Waals surface area contributed by atoms with Crippen LogP contribution in [0, 0.1) is 0 Å². The summed E-state index contributed by atoms with van der Waals surface area (Å²) < 4.78 is 5.26. The number of ether oxygens (including phenoxy) is 1. The van der Waals surface area contributed by atoms with Crippen LogP contribution in [0.15, 0.2) is 36.1 Å². The van der Waals surface area contributed by atoms with E-state index >= 15 is 0 Å².